The van der Waals surface area contributed by atoms with E-state index >= 15 is 0 Å². The van der Waals surface area contributed by atoms with Gasteiger partial charge < -0.3 is 10.1 Å². The van der Waals surface area contributed by atoms with E-state index in [4.69, 9.17) is 4.74 Å². The highest BCUT2D eigenvalue weighted by atomic mass is 32.2. The fourth-order valence-electron chi connectivity index (χ4n) is 2.38. The van der Waals surface area contributed by atoms with Crippen LogP contribution in [0.4, 0.5) is 5.69 Å². The Balaban J connectivity index is 1.85. The van der Waals surface area contributed by atoms with Crippen molar-refractivity contribution in [3.05, 3.63) is 24.3 Å². The van der Waals surface area contributed by atoms with Gasteiger partial charge in [-0.1, -0.05) is 0 Å². The van der Waals surface area contributed by atoms with Gasteiger partial charge in [0.1, 0.15) is 5.75 Å². The van der Waals surface area contributed by atoms with E-state index in [0.29, 0.717) is 17.4 Å². The molecule has 1 aliphatic rings. The lowest BCUT2D eigenvalue weighted by atomic mass is 9.96. The molecule has 0 bridgehead atoms. The summed E-state index contributed by atoms with van der Waals surface area (Å²) in [7, 11) is -1.68. The maximum atomic E-state index is 12.0. The van der Waals surface area contributed by atoms with Gasteiger partial charge in [0.15, 0.2) is 0 Å². The van der Waals surface area contributed by atoms with Crippen molar-refractivity contribution in [1.82, 2.24) is 5.32 Å². The van der Waals surface area contributed by atoms with Crippen molar-refractivity contribution in [1.29, 1.82) is 0 Å². The Labute approximate surface area is 120 Å². The van der Waals surface area contributed by atoms with Crippen LogP contribution in [0.15, 0.2) is 24.3 Å². The average molecular weight is 298 g/mol. The maximum Gasteiger partial charge on any atom is 0.232 e. The molecular formula is C14H22N2O3S. The summed E-state index contributed by atoms with van der Waals surface area (Å²) in [5, 5.41) is 3.29. The van der Waals surface area contributed by atoms with E-state index in [0.717, 1.165) is 32.4 Å². The second-order valence-corrected chi connectivity index (χ2v) is 6.97. The summed E-state index contributed by atoms with van der Waals surface area (Å²) >= 11 is 0. The average Bonchev–Trinajstić information content (AvgIpc) is 2.47. The van der Waals surface area contributed by atoms with Crippen LogP contribution in [0.25, 0.3) is 0 Å². The van der Waals surface area contributed by atoms with Gasteiger partial charge in [0, 0.05) is 5.69 Å². The monoisotopic (exact) mass is 298 g/mol. The quantitative estimate of drug-likeness (QED) is 0.841. The predicted octanol–water partition coefficient (Wildman–Crippen LogP) is 1.83. The van der Waals surface area contributed by atoms with Crippen LogP contribution in [0, 0.1) is 5.92 Å². The number of nitrogens with one attached hydrogen (secondary N) is 2. The molecule has 0 aliphatic carbocycles. The molecule has 5 nitrogen and oxygen atoms in total. The molecular weight excluding hydrogens is 276 g/mol. The van der Waals surface area contributed by atoms with E-state index in [1.807, 2.05) is 0 Å². The van der Waals surface area contributed by atoms with E-state index in [1.165, 1.54) is 0 Å². The number of methoxy groups -OCH3 is 1. The van der Waals surface area contributed by atoms with Crippen molar-refractivity contribution in [3.8, 4) is 5.75 Å². The molecule has 0 atom stereocenters. The molecule has 0 aromatic heterocycles. The Hall–Kier alpha value is -1.27. The van der Waals surface area contributed by atoms with Crippen LogP contribution in [0.5, 0.6) is 5.75 Å². The molecule has 20 heavy (non-hydrogen) atoms. The van der Waals surface area contributed by atoms with Crippen molar-refractivity contribution in [2.24, 2.45) is 5.92 Å². The van der Waals surface area contributed by atoms with Gasteiger partial charge in [-0.3, -0.25) is 4.72 Å². The lowest BCUT2D eigenvalue weighted by Crippen LogP contribution is -2.29. The van der Waals surface area contributed by atoms with E-state index < -0.39 is 10.0 Å². The Morgan fingerprint density at radius 2 is 1.90 bits per heavy atom. The largest absolute Gasteiger partial charge is 0.497 e. The van der Waals surface area contributed by atoms with Gasteiger partial charge in [0.25, 0.3) is 0 Å². The van der Waals surface area contributed by atoms with Crippen molar-refractivity contribution >= 4 is 15.7 Å². The third-order valence-electron chi connectivity index (χ3n) is 3.62. The maximum absolute atomic E-state index is 12.0. The zero-order valence-corrected chi connectivity index (χ0v) is 12.6. The summed E-state index contributed by atoms with van der Waals surface area (Å²) < 4.78 is 31.7. The normalized spacial score (nSPS) is 16.9. The first kappa shape index (κ1) is 15.1. The molecule has 0 amide bonds. The number of piperidine rings is 1. The summed E-state index contributed by atoms with van der Waals surface area (Å²) in [5.41, 5.74) is 0.580. The first-order valence-corrected chi connectivity index (χ1v) is 8.59. The first-order chi connectivity index (χ1) is 9.59. The van der Waals surface area contributed by atoms with E-state index in [1.54, 1.807) is 31.4 Å². The number of ether oxygens (including phenoxy) is 1. The fourth-order valence-corrected chi connectivity index (χ4v) is 3.62. The highest BCUT2D eigenvalue weighted by Crippen LogP contribution is 2.19. The third kappa shape index (κ3) is 4.68. The number of sulfonamides is 1. The van der Waals surface area contributed by atoms with E-state index in [2.05, 4.69) is 10.0 Å². The van der Waals surface area contributed by atoms with Gasteiger partial charge in [0.05, 0.1) is 12.9 Å². The zero-order chi connectivity index (χ0) is 14.4. The minimum Gasteiger partial charge on any atom is -0.497 e. The zero-order valence-electron chi connectivity index (χ0n) is 11.8. The Kier molecular flexibility index (Phi) is 5.25. The molecule has 6 heteroatoms. The van der Waals surface area contributed by atoms with Crippen molar-refractivity contribution in [3.63, 3.8) is 0 Å². The molecule has 1 aromatic rings. The minimum atomic E-state index is -3.26. The molecule has 1 aromatic carbocycles. The second kappa shape index (κ2) is 6.95. The van der Waals surface area contributed by atoms with Gasteiger partial charge in [0.2, 0.25) is 10.0 Å². The molecule has 1 aliphatic heterocycles. The second-order valence-electron chi connectivity index (χ2n) is 5.13. The van der Waals surface area contributed by atoms with Crippen LogP contribution in [0.3, 0.4) is 0 Å². The number of hydrogen-bond donors (Lipinski definition) is 2. The van der Waals surface area contributed by atoms with Gasteiger partial charge in [-0.15, -0.1) is 0 Å². The third-order valence-corrected chi connectivity index (χ3v) is 4.94. The first-order valence-electron chi connectivity index (χ1n) is 6.94. The van der Waals surface area contributed by atoms with Crippen LogP contribution < -0.4 is 14.8 Å². The van der Waals surface area contributed by atoms with Gasteiger partial charge in [-0.05, 0) is 62.5 Å². The molecule has 0 radical (unpaired) electrons. The highest BCUT2D eigenvalue weighted by molar-refractivity contribution is 7.92. The predicted molar refractivity (Wildman–Crippen MR) is 80.6 cm³/mol. The van der Waals surface area contributed by atoms with Gasteiger partial charge >= 0.3 is 0 Å². The van der Waals surface area contributed by atoms with Crippen molar-refractivity contribution < 1.29 is 13.2 Å². The lowest BCUT2D eigenvalue weighted by molar-refractivity contribution is 0.365. The van der Waals surface area contributed by atoms with Gasteiger partial charge in [-0.2, -0.15) is 0 Å². The summed E-state index contributed by atoms with van der Waals surface area (Å²) in [6, 6.07) is 6.90. The molecule has 1 fully saturated rings. The Morgan fingerprint density at radius 3 is 2.50 bits per heavy atom. The molecule has 0 spiro atoms. The van der Waals surface area contributed by atoms with Crippen LogP contribution in [0.1, 0.15) is 19.3 Å². The Morgan fingerprint density at radius 1 is 1.25 bits per heavy atom. The lowest BCUT2D eigenvalue weighted by Gasteiger charge is -2.22. The highest BCUT2D eigenvalue weighted by Gasteiger charge is 2.17. The topological polar surface area (TPSA) is 67.4 Å². The fraction of sp³-hybridized carbons (Fsp3) is 0.571. The van der Waals surface area contributed by atoms with E-state index in [-0.39, 0.29) is 5.75 Å². The SMILES string of the molecule is COc1ccc(NS(=O)(=O)CCC2CCNCC2)cc1. The van der Waals surface area contributed by atoms with Crippen molar-refractivity contribution in [2.45, 2.75) is 19.3 Å². The molecule has 112 valence electrons. The summed E-state index contributed by atoms with van der Waals surface area (Å²) in [5.74, 6) is 1.41. The number of anilines is 1. The summed E-state index contributed by atoms with van der Waals surface area (Å²) in [4.78, 5) is 0. The smallest absolute Gasteiger partial charge is 0.232 e. The van der Waals surface area contributed by atoms with E-state index in [9.17, 15) is 8.42 Å². The molecule has 1 heterocycles. The molecule has 2 rings (SSSR count). The molecule has 1 saturated heterocycles. The number of rotatable bonds is 6. The van der Waals surface area contributed by atoms with Crippen LogP contribution in [0.2, 0.25) is 0 Å². The molecule has 0 saturated carbocycles. The standard InChI is InChI=1S/C14H22N2O3S/c1-19-14-4-2-13(3-5-14)16-20(17,18)11-8-12-6-9-15-10-7-12/h2-5,12,15-16H,6-11H2,1H3. The molecule has 2 N–H and O–H groups in total. The summed E-state index contributed by atoms with van der Waals surface area (Å²) in [6.07, 6.45) is 2.86. The molecule has 0 unspecified atom stereocenters. The minimum absolute atomic E-state index is 0.184. The number of hydrogen-bond acceptors (Lipinski definition) is 4. The van der Waals surface area contributed by atoms with Crippen molar-refractivity contribution in [2.75, 3.05) is 30.7 Å². The van der Waals surface area contributed by atoms with Crippen LogP contribution in [-0.2, 0) is 10.0 Å². The van der Waals surface area contributed by atoms with Gasteiger partial charge in [-0.25, -0.2) is 8.42 Å². The summed E-state index contributed by atoms with van der Waals surface area (Å²) in [6.45, 7) is 1.99. The number of benzene rings is 1. The Bertz CT molecular complexity index is 508. The van der Waals surface area contributed by atoms with Crippen LogP contribution >= 0.6 is 0 Å². The van der Waals surface area contributed by atoms with Crippen LogP contribution in [-0.4, -0.2) is 34.4 Å².